The van der Waals surface area contributed by atoms with Gasteiger partial charge in [0, 0.05) is 30.1 Å². The summed E-state index contributed by atoms with van der Waals surface area (Å²) in [6.45, 7) is 1.50. The number of benzene rings is 2. The Morgan fingerprint density at radius 1 is 1.04 bits per heavy atom. The quantitative estimate of drug-likeness (QED) is 0.788. The van der Waals surface area contributed by atoms with Crippen LogP contribution in [0.4, 0.5) is 10.2 Å². The van der Waals surface area contributed by atoms with Crippen LogP contribution in [0.2, 0.25) is 0 Å². The van der Waals surface area contributed by atoms with Gasteiger partial charge in [0.25, 0.3) is 5.91 Å². The first-order chi connectivity index (χ1) is 12.7. The van der Waals surface area contributed by atoms with E-state index in [-0.39, 0.29) is 17.8 Å². The molecular weight excluding hydrogens is 331 g/mol. The van der Waals surface area contributed by atoms with Crippen LogP contribution in [0, 0.1) is 5.82 Å². The molecule has 1 aliphatic heterocycles. The van der Waals surface area contributed by atoms with Crippen LogP contribution in [-0.2, 0) is 0 Å². The van der Waals surface area contributed by atoms with Crippen molar-refractivity contribution in [2.75, 3.05) is 18.0 Å². The molecule has 5 nitrogen and oxygen atoms in total. The van der Waals surface area contributed by atoms with Gasteiger partial charge in [-0.05, 0) is 37.1 Å². The van der Waals surface area contributed by atoms with Crippen LogP contribution in [0.15, 0.2) is 54.9 Å². The standard InChI is InChI=1S/C20H19FN4O/c21-17-8-4-7-16-18(17)22-13-23-19(16)25-11-9-15(10-12-25)24-20(26)14-5-2-1-3-6-14/h1-8,13,15H,9-12H2,(H,24,26). The third-order valence-corrected chi connectivity index (χ3v) is 4.76. The van der Waals surface area contributed by atoms with Crippen LogP contribution in [0.5, 0.6) is 0 Å². The molecule has 1 N–H and O–H groups in total. The lowest BCUT2D eigenvalue weighted by atomic mass is 10.0. The van der Waals surface area contributed by atoms with Gasteiger partial charge in [-0.1, -0.05) is 24.3 Å². The molecule has 1 fully saturated rings. The Labute approximate surface area is 150 Å². The molecule has 0 unspecified atom stereocenters. The van der Waals surface area contributed by atoms with Crippen molar-refractivity contribution in [1.29, 1.82) is 0 Å². The average Bonchev–Trinajstić information content (AvgIpc) is 2.69. The van der Waals surface area contributed by atoms with Crippen molar-refractivity contribution in [3.05, 3.63) is 66.2 Å². The first kappa shape index (κ1) is 16.4. The second-order valence-electron chi connectivity index (χ2n) is 6.43. The van der Waals surface area contributed by atoms with Crippen molar-refractivity contribution < 1.29 is 9.18 Å². The molecule has 0 spiro atoms. The largest absolute Gasteiger partial charge is 0.356 e. The number of carbonyl (C=O) groups is 1. The molecule has 6 heteroatoms. The first-order valence-corrected chi connectivity index (χ1v) is 8.72. The lowest BCUT2D eigenvalue weighted by Crippen LogP contribution is -2.45. The van der Waals surface area contributed by atoms with Gasteiger partial charge in [0.05, 0.1) is 0 Å². The molecule has 26 heavy (non-hydrogen) atoms. The molecule has 0 bridgehead atoms. The van der Waals surface area contributed by atoms with Gasteiger partial charge < -0.3 is 10.2 Å². The fourth-order valence-electron chi connectivity index (χ4n) is 3.38. The minimum Gasteiger partial charge on any atom is -0.356 e. The third kappa shape index (κ3) is 3.22. The highest BCUT2D eigenvalue weighted by molar-refractivity contribution is 5.94. The van der Waals surface area contributed by atoms with E-state index in [0.29, 0.717) is 11.1 Å². The van der Waals surface area contributed by atoms with E-state index in [1.807, 2.05) is 36.4 Å². The summed E-state index contributed by atoms with van der Waals surface area (Å²) in [6.07, 6.45) is 3.04. The summed E-state index contributed by atoms with van der Waals surface area (Å²) in [5, 5.41) is 3.82. The predicted octanol–water partition coefficient (Wildman–Crippen LogP) is 3.17. The van der Waals surface area contributed by atoms with Gasteiger partial charge in [-0.15, -0.1) is 0 Å². The number of piperidine rings is 1. The highest BCUT2D eigenvalue weighted by Gasteiger charge is 2.23. The average molecular weight is 350 g/mol. The van der Waals surface area contributed by atoms with Crippen molar-refractivity contribution in [2.24, 2.45) is 0 Å². The van der Waals surface area contributed by atoms with Gasteiger partial charge in [0.2, 0.25) is 0 Å². The van der Waals surface area contributed by atoms with E-state index in [1.54, 1.807) is 6.07 Å². The normalized spacial score (nSPS) is 15.2. The second-order valence-corrected chi connectivity index (χ2v) is 6.43. The van der Waals surface area contributed by atoms with Crippen molar-refractivity contribution in [3.63, 3.8) is 0 Å². The molecule has 1 saturated heterocycles. The molecule has 4 rings (SSSR count). The third-order valence-electron chi connectivity index (χ3n) is 4.76. The van der Waals surface area contributed by atoms with Crippen LogP contribution in [0.25, 0.3) is 10.9 Å². The number of rotatable bonds is 3. The highest BCUT2D eigenvalue weighted by atomic mass is 19.1. The van der Waals surface area contributed by atoms with Gasteiger partial charge in [-0.25, -0.2) is 14.4 Å². The van der Waals surface area contributed by atoms with E-state index in [9.17, 15) is 9.18 Å². The number of fused-ring (bicyclic) bond motifs is 1. The number of anilines is 1. The molecule has 1 amide bonds. The molecule has 1 aliphatic rings. The van der Waals surface area contributed by atoms with Crippen LogP contribution in [-0.4, -0.2) is 35.0 Å². The Morgan fingerprint density at radius 3 is 2.58 bits per heavy atom. The second kappa shape index (κ2) is 7.07. The summed E-state index contributed by atoms with van der Waals surface area (Å²) < 4.78 is 13.9. The topological polar surface area (TPSA) is 58.1 Å². The maximum atomic E-state index is 13.9. The zero-order chi connectivity index (χ0) is 17.9. The fourth-order valence-corrected chi connectivity index (χ4v) is 3.38. The molecule has 2 aromatic carbocycles. The maximum absolute atomic E-state index is 13.9. The monoisotopic (exact) mass is 350 g/mol. The number of hydrogen-bond acceptors (Lipinski definition) is 4. The molecular formula is C20H19FN4O. The van der Waals surface area contributed by atoms with E-state index in [0.717, 1.165) is 37.1 Å². The minimum atomic E-state index is -0.337. The van der Waals surface area contributed by atoms with Crippen LogP contribution in [0.3, 0.4) is 0 Å². The fraction of sp³-hybridized carbons (Fsp3) is 0.250. The molecule has 1 aromatic heterocycles. The number of para-hydroxylation sites is 1. The van der Waals surface area contributed by atoms with Crippen molar-refractivity contribution in [1.82, 2.24) is 15.3 Å². The molecule has 3 aromatic rings. The maximum Gasteiger partial charge on any atom is 0.251 e. The molecule has 2 heterocycles. The summed E-state index contributed by atoms with van der Waals surface area (Å²) in [5.41, 5.74) is 1.02. The lowest BCUT2D eigenvalue weighted by Gasteiger charge is -2.33. The Hall–Kier alpha value is -3.02. The van der Waals surface area contributed by atoms with Crippen molar-refractivity contribution >= 4 is 22.6 Å². The van der Waals surface area contributed by atoms with E-state index >= 15 is 0 Å². The predicted molar refractivity (Wildman–Crippen MR) is 98.6 cm³/mol. The number of carbonyl (C=O) groups excluding carboxylic acids is 1. The Balaban J connectivity index is 1.44. The van der Waals surface area contributed by atoms with Crippen LogP contribution >= 0.6 is 0 Å². The van der Waals surface area contributed by atoms with Gasteiger partial charge >= 0.3 is 0 Å². The number of nitrogens with one attached hydrogen (secondary N) is 1. The Kier molecular flexibility index (Phi) is 4.48. The zero-order valence-electron chi connectivity index (χ0n) is 14.2. The Morgan fingerprint density at radius 2 is 1.81 bits per heavy atom. The van der Waals surface area contributed by atoms with Gasteiger partial charge in [-0.2, -0.15) is 0 Å². The molecule has 0 aliphatic carbocycles. The number of nitrogens with zero attached hydrogens (tertiary/aromatic N) is 3. The molecule has 0 saturated carbocycles. The molecule has 0 radical (unpaired) electrons. The van der Waals surface area contributed by atoms with E-state index in [1.165, 1.54) is 12.4 Å². The summed E-state index contributed by atoms with van der Waals surface area (Å²) in [6, 6.07) is 14.3. The number of halogens is 1. The number of hydrogen-bond donors (Lipinski definition) is 1. The number of aromatic nitrogens is 2. The molecule has 0 atom stereocenters. The SMILES string of the molecule is O=C(NC1CCN(c2ncnc3c(F)cccc23)CC1)c1ccccc1. The summed E-state index contributed by atoms with van der Waals surface area (Å²) in [5.74, 6) is 0.372. The van der Waals surface area contributed by atoms with Gasteiger partial charge in [-0.3, -0.25) is 4.79 Å². The van der Waals surface area contributed by atoms with Crippen molar-refractivity contribution in [2.45, 2.75) is 18.9 Å². The van der Waals surface area contributed by atoms with E-state index in [2.05, 4.69) is 20.2 Å². The first-order valence-electron chi connectivity index (χ1n) is 8.72. The number of amides is 1. The van der Waals surface area contributed by atoms with Crippen molar-refractivity contribution in [3.8, 4) is 0 Å². The summed E-state index contributed by atoms with van der Waals surface area (Å²) in [7, 11) is 0. The zero-order valence-corrected chi connectivity index (χ0v) is 14.2. The van der Waals surface area contributed by atoms with Gasteiger partial charge in [0.15, 0.2) is 0 Å². The Bertz CT molecular complexity index is 924. The van der Waals surface area contributed by atoms with E-state index < -0.39 is 0 Å². The van der Waals surface area contributed by atoms with Crippen LogP contribution < -0.4 is 10.2 Å². The van der Waals surface area contributed by atoms with Crippen LogP contribution in [0.1, 0.15) is 23.2 Å². The lowest BCUT2D eigenvalue weighted by molar-refractivity contribution is 0.0931. The minimum absolute atomic E-state index is 0.0430. The van der Waals surface area contributed by atoms with E-state index in [4.69, 9.17) is 0 Å². The van der Waals surface area contributed by atoms with Gasteiger partial charge in [0.1, 0.15) is 23.5 Å². The highest BCUT2D eigenvalue weighted by Crippen LogP contribution is 2.26. The summed E-state index contributed by atoms with van der Waals surface area (Å²) in [4.78, 5) is 22.8. The smallest absolute Gasteiger partial charge is 0.251 e. The summed E-state index contributed by atoms with van der Waals surface area (Å²) >= 11 is 0. The molecule has 132 valence electrons.